The van der Waals surface area contributed by atoms with Gasteiger partial charge in [0.25, 0.3) is 0 Å². The van der Waals surface area contributed by atoms with E-state index in [1.807, 2.05) is 48.5 Å². The normalized spacial score (nSPS) is 10.1. The van der Waals surface area contributed by atoms with E-state index < -0.39 is 6.09 Å². The molecule has 0 saturated heterocycles. The third-order valence-electron chi connectivity index (χ3n) is 2.71. The van der Waals surface area contributed by atoms with Crippen LogP contribution in [0.15, 0.2) is 48.5 Å². The van der Waals surface area contributed by atoms with Gasteiger partial charge in [0.2, 0.25) is 0 Å². The molecular formula is C15H14NO2. The first kappa shape index (κ1) is 12.2. The zero-order valence-electron chi connectivity index (χ0n) is 9.89. The van der Waals surface area contributed by atoms with Gasteiger partial charge in [0.05, 0.1) is 0 Å². The van der Waals surface area contributed by atoms with Gasteiger partial charge in [-0.3, -0.25) is 0 Å². The van der Waals surface area contributed by atoms with E-state index in [0.29, 0.717) is 6.54 Å². The first-order chi connectivity index (χ1) is 8.66. The average molecular weight is 240 g/mol. The molecule has 2 rings (SSSR count). The topological polar surface area (TPSA) is 49.3 Å². The Balaban J connectivity index is 2.32. The van der Waals surface area contributed by atoms with E-state index in [1.54, 1.807) is 0 Å². The molecule has 0 bridgehead atoms. The van der Waals surface area contributed by atoms with Gasteiger partial charge < -0.3 is 10.4 Å². The van der Waals surface area contributed by atoms with Crippen molar-refractivity contribution in [2.75, 3.05) is 0 Å². The molecule has 0 unspecified atom stereocenters. The molecule has 0 atom stereocenters. The Morgan fingerprint density at radius 2 is 1.78 bits per heavy atom. The van der Waals surface area contributed by atoms with Gasteiger partial charge in [0.1, 0.15) is 0 Å². The number of rotatable bonds is 3. The van der Waals surface area contributed by atoms with Crippen LogP contribution in [0.3, 0.4) is 0 Å². The molecule has 0 saturated carbocycles. The van der Waals surface area contributed by atoms with E-state index >= 15 is 0 Å². The smallest absolute Gasteiger partial charge is 0.404 e. The number of benzene rings is 2. The summed E-state index contributed by atoms with van der Waals surface area (Å²) < 4.78 is 0. The number of hydrogen-bond acceptors (Lipinski definition) is 1. The summed E-state index contributed by atoms with van der Waals surface area (Å²) in [4.78, 5) is 10.5. The predicted octanol–water partition coefficient (Wildman–Crippen LogP) is 3.30. The highest BCUT2D eigenvalue weighted by Gasteiger charge is 2.05. The molecule has 1 amide bonds. The summed E-state index contributed by atoms with van der Waals surface area (Å²) >= 11 is 0. The second-order valence-corrected chi connectivity index (χ2v) is 4.01. The van der Waals surface area contributed by atoms with Crippen molar-refractivity contribution in [1.29, 1.82) is 0 Å². The van der Waals surface area contributed by atoms with Crippen molar-refractivity contribution in [2.24, 2.45) is 0 Å². The summed E-state index contributed by atoms with van der Waals surface area (Å²) in [5.41, 5.74) is 4.01. The van der Waals surface area contributed by atoms with Crippen LogP contribution in [0.2, 0.25) is 0 Å². The highest BCUT2D eigenvalue weighted by Crippen LogP contribution is 2.23. The van der Waals surface area contributed by atoms with Gasteiger partial charge in [0.15, 0.2) is 0 Å². The summed E-state index contributed by atoms with van der Waals surface area (Å²) in [7, 11) is 0. The molecule has 3 heteroatoms. The number of carbonyl (C=O) groups is 1. The first-order valence-corrected chi connectivity index (χ1v) is 5.64. The van der Waals surface area contributed by atoms with E-state index in [-0.39, 0.29) is 0 Å². The Labute approximate surface area is 106 Å². The minimum atomic E-state index is -1.02. The third-order valence-corrected chi connectivity index (χ3v) is 2.71. The van der Waals surface area contributed by atoms with Crippen LogP contribution in [0.5, 0.6) is 0 Å². The van der Waals surface area contributed by atoms with Crippen LogP contribution in [-0.2, 0) is 6.54 Å². The molecule has 18 heavy (non-hydrogen) atoms. The first-order valence-electron chi connectivity index (χ1n) is 5.64. The zero-order valence-corrected chi connectivity index (χ0v) is 9.89. The van der Waals surface area contributed by atoms with Crippen LogP contribution in [0.4, 0.5) is 4.79 Å². The molecule has 0 fully saturated rings. The lowest BCUT2D eigenvalue weighted by molar-refractivity contribution is 0.194. The highest BCUT2D eigenvalue weighted by atomic mass is 16.4. The van der Waals surface area contributed by atoms with Crippen molar-refractivity contribution < 1.29 is 9.90 Å². The summed E-state index contributed by atoms with van der Waals surface area (Å²) in [6.07, 6.45) is -1.02. The summed E-state index contributed by atoms with van der Waals surface area (Å²) in [6.45, 7) is 4.15. The van der Waals surface area contributed by atoms with E-state index in [0.717, 1.165) is 22.3 Å². The van der Waals surface area contributed by atoms with Crippen LogP contribution in [0.1, 0.15) is 11.1 Å². The Hall–Kier alpha value is -2.29. The predicted molar refractivity (Wildman–Crippen MR) is 71.2 cm³/mol. The highest BCUT2D eigenvalue weighted by molar-refractivity contribution is 5.69. The number of amides is 1. The van der Waals surface area contributed by atoms with Gasteiger partial charge >= 0.3 is 6.09 Å². The lowest BCUT2D eigenvalue weighted by Gasteiger charge is -2.09. The summed E-state index contributed by atoms with van der Waals surface area (Å²) in [6, 6.07) is 15.6. The molecule has 2 N–H and O–H groups in total. The van der Waals surface area contributed by atoms with Crippen molar-refractivity contribution in [3.05, 3.63) is 66.6 Å². The summed E-state index contributed by atoms with van der Waals surface area (Å²) in [5.74, 6) is 0. The van der Waals surface area contributed by atoms with Crippen LogP contribution >= 0.6 is 0 Å². The van der Waals surface area contributed by atoms with Crippen molar-refractivity contribution >= 4 is 6.09 Å². The second-order valence-electron chi connectivity index (χ2n) is 4.01. The monoisotopic (exact) mass is 240 g/mol. The molecule has 0 spiro atoms. The van der Waals surface area contributed by atoms with Crippen molar-refractivity contribution in [3.8, 4) is 11.1 Å². The van der Waals surface area contributed by atoms with Gasteiger partial charge in [-0.25, -0.2) is 4.79 Å². The van der Waals surface area contributed by atoms with Crippen molar-refractivity contribution in [2.45, 2.75) is 6.54 Å². The van der Waals surface area contributed by atoms with E-state index in [2.05, 4.69) is 12.2 Å². The van der Waals surface area contributed by atoms with Gasteiger partial charge in [0, 0.05) is 6.54 Å². The molecule has 0 aliphatic rings. The molecule has 2 aromatic carbocycles. The average Bonchev–Trinajstić information content (AvgIpc) is 2.38. The zero-order chi connectivity index (χ0) is 13.0. The molecular weight excluding hydrogens is 226 g/mol. The molecule has 3 nitrogen and oxygen atoms in total. The lowest BCUT2D eigenvalue weighted by Crippen LogP contribution is -2.20. The molecule has 0 aliphatic heterocycles. The van der Waals surface area contributed by atoms with Crippen LogP contribution in [0, 0.1) is 6.92 Å². The fourth-order valence-corrected chi connectivity index (χ4v) is 1.81. The largest absolute Gasteiger partial charge is 0.465 e. The van der Waals surface area contributed by atoms with Crippen molar-refractivity contribution in [1.82, 2.24) is 5.32 Å². The Morgan fingerprint density at radius 3 is 2.44 bits per heavy atom. The minimum Gasteiger partial charge on any atom is -0.465 e. The molecule has 0 aromatic heterocycles. The number of nitrogens with one attached hydrogen (secondary N) is 1. The van der Waals surface area contributed by atoms with E-state index in [4.69, 9.17) is 5.11 Å². The molecule has 2 aromatic rings. The molecule has 0 heterocycles. The van der Waals surface area contributed by atoms with Crippen LogP contribution in [-0.4, -0.2) is 11.2 Å². The maximum absolute atomic E-state index is 10.5. The molecule has 91 valence electrons. The van der Waals surface area contributed by atoms with Gasteiger partial charge in [-0.05, 0) is 29.2 Å². The van der Waals surface area contributed by atoms with Crippen LogP contribution < -0.4 is 5.32 Å². The molecule has 0 aliphatic carbocycles. The van der Waals surface area contributed by atoms with Gasteiger partial charge in [-0.15, -0.1) is 0 Å². The fourth-order valence-electron chi connectivity index (χ4n) is 1.81. The third kappa shape index (κ3) is 2.88. The SMILES string of the molecule is [CH2]c1ccc(-c2ccccc2CNC(=O)O)cc1. The second kappa shape index (κ2) is 5.36. The number of carboxylic acid groups (broad SMARTS) is 1. The minimum absolute atomic E-state index is 0.303. The fraction of sp³-hybridized carbons (Fsp3) is 0.0667. The summed E-state index contributed by atoms with van der Waals surface area (Å²) in [5, 5.41) is 11.0. The van der Waals surface area contributed by atoms with E-state index in [9.17, 15) is 4.79 Å². The molecule has 1 radical (unpaired) electrons. The Morgan fingerprint density at radius 1 is 1.11 bits per heavy atom. The van der Waals surface area contributed by atoms with E-state index in [1.165, 1.54) is 0 Å². The maximum Gasteiger partial charge on any atom is 0.404 e. The Kier molecular flexibility index (Phi) is 3.63. The lowest BCUT2D eigenvalue weighted by atomic mass is 9.99. The van der Waals surface area contributed by atoms with Gasteiger partial charge in [-0.1, -0.05) is 48.5 Å². The maximum atomic E-state index is 10.5. The number of hydrogen-bond donors (Lipinski definition) is 2. The van der Waals surface area contributed by atoms with Crippen molar-refractivity contribution in [3.63, 3.8) is 0 Å². The Bertz CT molecular complexity index is 547. The quantitative estimate of drug-likeness (QED) is 0.864. The standard InChI is InChI=1S/C15H14NO2/c1-11-6-8-12(9-7-11)14-5-3-2-4-13(14)10-16-15(17)18/h2-9,16H,1,10H2,(H,17,18). The van der Waals surface area contributed by atoms with Gasteiger partial charge in [-0.2, -0.15) is 0 Å². The van der Waals surface area contributed by atoms with Crippen LogP contribution in [0.25, 0.3) is 11.1 Å².